The highest BCUT2D eigenvalue weighted by Crippen LogP contribution is 2.16. The number of fused-ring (bicyclic) bond motifs is 1. The van der Waals surface area contributed by atoms with Crippen LogP contribution < -0.4 is 11.2 Å². The molecule has 3 aromatic rings. The molecule has 0 spiro atoms. The lowest BCUT2D eigenvalue weighted by Crippen LogP contribution is -2.40. The van der Waals surface area contributed by atoms with Crippen molar-refractivity contribution < 1.29 is 0 Å². The topological polar surface area (TPSA) is 61.8 Å². The molecule has 27 heavy (non-hydrogen) atoms. The fourth-order valence-electron chi connectivity index (χ4n) is 2.98. The number of aryl methyl sites for hydroxylation is 3. The van der Waals surface area contributed by atoms with Crippen LogP contribution in [0.25, 0.3) is 11.2 Å². The zero-order valence-corrected chi connectivity index (χ0v) is 16.7. The van der Waals surface area contributed by atoms with E-state index < -0.39 is 0 Å². The molecule has 0 aliphatic heterocycles. The van der Waals surface area contributed by atoms with Crippen molar-refractivity contribution in [1.29, 1.82) is 0 Å². The third-order valence-corrected chi connectivity index (χ3v) is 4.90. The van der Waals surface area contributed by atoms with Crippen LogP contribution in [-0.2, 0) is 26.6 Å². The van der Waals surface area contributed by atoms with Gasteiger partial charge in [0.05, 0.1) is 0 Å². The van der Waals surface area contributed by atoms with E-state index in [1.54, 1.807) is 11.6 Å². The highest BCUT2D eigenvalue weighted by atomic mass is 35.5. The number of aromatic nitrogens is 4. The maximum Gasteiger partial charge on any atom is 0.332 e. The third-order valence-electron chi connectivity index (χ3n) is 4.61. The summed E-state index contributed by atoms with van der Waals surface area (Å²) >= 11 is 6.25. The smallest absolute Gasteiger partial charge is 0.305 e. The Morgan fingerprint density at radius 3 is 2.44 bits per heavy atom. The largest absolute Gasteiger partial charge is 0.332 e. The molecule has 1 aromatic carbocycles. The van der Waals surface area contributed by atoms with Crippen LogP contribution in [0.1, 0.15) is 25.0 Å². The standard InChI is InChI=1S/C20H23ClN4O2/c1-13(2)9-11-24-16-17(22-19(24)21)23(4)20(27)25(18(16)26)12-10-15-7-5-14(3)6-8-15/h5-9H,10-12H2,1-4H3. The van der Waals surface area contributed by atoms with E-state index in [1.807, 2.05) is 51.1 Å². The molecule has 0 saturated carbocycles. The number of rotatable bonds is 5. The Balaban J connectivity index is 2.08. The molecule has 0 aliphatic carbocycles. The molecule has 7 heteroatoms. The molecule has 142 valence electrons. The summed E-state index contributed by atoms with van der Waals surface area (Å²) in [5.41, 5.74) is 3.27. The minimum Gasteiger partial charge on any atom is -0.305 e. The molecule has 6 nitrogen and oxygen atoms in total. The second-order valence-corrected chi connectivity index (χ2v) is 7.32. The van der Waals surface area contributed by atoms with E-state index in [4.69, 9.17) is 11.6 Å². The Bertz CT molecular complexity index is 1130. The fourth-order valence-corrected chi connectivity index (χ4v) is 3.21. The third kappa shape index (κ3) is 3.76. The van der Waals surface area contributed by atoms with Gasteiger partial charge in [0.2, 0.25) is 5.28 Å². The minimum absolute atomic E-state index is 0.200. The van der Waals surface area contributed by atoms with Gasteiger partial charge in [-0.15, -0.1) is 0 Å². The maximum absolute atomic E-state index is 13.1. The summed E-state index contributed by atoms with van der Waals surface area (Å²) in [6.45, 7) is 6.71. The molecular weight excluding hydrogens is 364 g/mol. The predicted octanol–water partition coefficient (Wildman–Crippen LogP) is 3.07. The van der Waals surface area contributed by atoms with Crippen molar-refractivity contribution in [2.75, 3.05) is 0 Å². The summed E-state index contributed by atoms with van der Waals surface area (Å²) in [5.74, 6) is 0. The fraction of sp³-hybridized carbons (Fsp3) is 0.350. The van der Waals surface area contributed by atoms with E-state index in [2.05, 4.69) is 4.98 Å². The number of imidazole rings is 1. The molecule has 2 heterocycles. The lowest BCUT2D eigenvalue weighted by Gasteiger charge is -2.10. The van der Waals surface area contributed by atoms with Crippen LogP contribution in [-0.4, -0.2) is 18.7 Å². The molecular formula is C20H23ClN4O2. The van der Waals surface area contributed by atoms with Gasteiger partial charge in [-0.1, -0.05) is 41.5 Å². The zero-order valence-electron chi connectivity index (χ0n) is 16.0. The van der Waals surface area contributed by atoms with Crippen molar-refractivity contribution in [2.45, 2.75) is 40.3 Å². The van der Waals surface area contributed by atoms with E-state index in [9.17, 15) is 9.59 Å². The number of halogens is 1. The number of benzene rings is 1. The predicted molar refractivity (Wildman–Crippen MR) is 109 cm³/mol. The molecule has 0 unspecified atom stereocenters. The van der Waals surface area contributed by atoms with Crippen molar-refractivity contribution in [3.8, 4) is 0 Å². The van der Waals surface area contributed by atoms with Gasteiger partial charge in [-0.2, -0.15) is 4.98 Å². The quantitative estimate of drug-likeness (QED) is 0.500. The average Bonchev–Trinajstić information content (AvgIpc) is 2.96. The first-order valence-corrected chi connectivity index (χ1v) is 9.22. The molecule has 0 N–H and O–H groups in total. The molecule has 2 aromatic heterocycles. The van der Waals surface area contributed by atoms with Crippen LogP contribution in [0.2, 0.25) is 5.28 Å². The van der Waals surface area contributed by atoms with Gasteiger partial charge in [0, 0.05) is 20.1 Å². The van der Waals surface area contributed by atoms with Gasteiger partial charge in [0.1, 0.15) is 0 Å². The van der Waals surface area contributed by atoms with Crippen LogP contribution in [0.4, 0.5) is 0 Å². The first-order chi connectivity index (χ1) is 12.8. The van der Waals surface area contributed by atoms with Crippen molar-refractivity contribution in [3.63, 3.8) is 0 Å². The van der Waals surface area contributed by atoms with Gasteiger partial charge in [0.15, 0.2) is 11.2 Å². The number of allylic oxidation sites excluding steroid dienone is 2. The Morgan fingerprint density at radius 1 is 1.15 bits per heavy atom. The second kappa shape index (κ2) is 7.56. The minimum atomic E-state index is -0.386. The molecule has 3 rings (SSSR count). The molecule has 0 radical (unpaired) electrons. The van der Waals surface area contributed by atoms with Crippen molar-refractivity contribution in [1.82, 2.24) is 18.7 Å². The molecule has 0 fully saturated rings. The van der Waals surface area contributed by atoms with Gasteiger partial charge in [-0.3, -0.25) is 13.9 Å². The van der Waals surface area contributed by atoms with Gasteiger partial charge < -0.3 is 4.57 Å². The highest BCUT2D eigenvalue weighted by molar-refractivity contribution is 6.29. The number of hydrogen-bond acceptors (Lipinski definition) is 3. The van der Waals surface area contributed by atoms with E-state index in [1.165, 1.54) is 14.7 Å². The van der Waals surface area contributed by atoms with Crippen LogP contribution in [0.15, 0.2) is 45.5 Å². The summed E-state index contributed by atoms with van der Waals surface area (Å²) in [6, 6.07) is 8.07. The lowest BCUT2D eigenvalue weighted by molar-refractivity contribution is 0.600. The van der Waals surface area contributed by atoms with Crippen LogP contribution >= 0.6 is 11.6 Å². The SMILES string of the molecule is CC(C)=CCn1c(Cl)nc2c1c(=O)n(CCc1ccc(C)cc1)c(=O)n2C. The maximum atomic E-state index is 13.1. The van der Waals surface area contributed by atoms with Gasteiger partial charge in [-0.25, -0.2) is 4.79 Å². The van der Waals surface area contributed by atoms with Gasteiger partial charge in [0.25, 0.3) is 5.56 Å². The summed E-state index contributed by atoms with van der Waals surface area (Å²) in [5, 5.41) is 0.200. The van der Waals surface area contributed by atoms with Gasteiger partial charge >= 0.3 is 5.69 Å². The Morgan fingerprint density at radius 2 is 1.81 bits per heavy atom. The molecule has 0 bridgehead atoms. The Hall–Kier alpha value is -2.60. The highest BCUT2D eigenvalue weighted by Gasteiger charge is 2.18. The number of nitrogens with zero attached hydrogens (tertiary/aromatic N) is 4. The first kappa shape index (κ1) is 19.2. The second-order valence-electron chi connectivity index (χ2n) is 6.98. The summed E-state index contributed by atoms with van der Waals surface area (Å²) in [6.07, 6.45) is 2.56. The molecule has 0 amide bonds. The zero-order chi connectivity index (χ0) is 19.7. The van der Waals surface area contributed by atoms with Crippen molar-refractivity contribution in [2.24, 2.45) is 7.05 Å². The van der Waals surface area contributed by atoms with E-state index in [-0.39, 0.29) is 16.5 Å². The van der Waals surface area contributed by atoms with Crippen LogP contribution in [0, 0.1) is 6.92 Å². The van der Waals surface area contributed by atoms with Crippen LogP contribution in [0.3, 0.4) is 0 Å². The summed E-state index contributed by atoms with van der Waals surface area (Å²) in [7, 11) is 1.61. The Labute approximate surface area is 162 Å². The summed E-state index contributed by atoms with van der Waals surface area (Å²) in [4.78, 5) is 30.0. The van der Waals surface area contributed by atoms with Crippen molar-refractivity contribution >= 4 is 22.8 Å². The van der Waals surface area contributed by atoms with E-state index in [0.717, 1.165) is 11.1 Å². The van der Waals surface area contributed by atoms with E-state index >= 15 is 0 Å². The van der Waals surface area contributed by atoms with Crippen molar-refractivity contribution in [3.05, 3.63) is 73.2 Å². The normalized spacial score (nSPS) is 11.1. The number of hydrogen-bond donors (Lipinski definition) is 0. The van der Waals surface area contributed by atoms with Crippen LogP contribution in [0.5, 0.6) is 0 Å². The summed E-state index contributed by atoms with van der Waals surface area (Å²) < 4.78 is 4.30. The molecule has 0 saturated heterocycles. The average molecular weight is 387 g/mol. The lowest BCUT2D eigenvalue weighted by atomic mass is 10.1. The van der Waals surface area contributed by atoms with Gasteiger partial charge in [-0.05, 0) is 44.4 Å². The monoisotopic (exact) mass is 386 g/mol. The molecule has 0 atom stereocenters. The Kier molecular flexibility index (Phi) is 5.37. The first-order valence-electron chi connectivity index (χ1n) is 8.84. The van der Waals surface area contributed by atoms with E-state index in [0.29, 0.717) is 30.7 Å². The molecule has 0 aliphatic rings.